The highest BCUT2D eigenvalue weighted by molar-refractivity contribution is 7.89. The molecule has 0 bridgehead atoms. The lowest BCUT2D eigenvalue weighted by Crippen LogP contribution is -2.31. The number of hydrazone groups is 1. The third-order valence-corrected chi connectivity index (χ3v) is 5.88. The molecule has 0 radical (unpaired) electrons. The quantitative estimate of drug-likeness (QED) is 0.384. The second-order valence-corrected chi connectivity index (χ2v) is 8.88. The van der Waals surface area contributed by atoms with Crippen LogP contribution in [0, 0.1) is 6.92 Å². The van der Waals surface area contributed by atoms with E-state index >= 15 is 0 Å². The first-order valence-electron chi connectivity index (χ1n) is 10.0. The van der Waals surface area contributed by atoms with E-state index in [1.54, 1.807) is 36.4 Å². The summed E-state index contributed by atoms with van der Waals surface area (Å²) in [6, 6.07) is 22.8. The van der Waals surface area contributed by atoms with Gasteiger partial charge in [-0.25, -0.2) is 4.83 Å². The number of nitrogens with zero attached hydrogens (tertiary/aromatic N) is 1. The molecule has 0 aromatic heterocycles. The van der Waals surface area contributed by atoms with Crippen LogP contribution in [0.1, 0.15) is 29.7 Å². The highest BCUT2D eigenvalue weighted by Gasteiger charge is 2.12. The minimum atomic E-state index is -3.72. The topological polar surface area (TPSA) is 96.9 Å². The third-order valence-electron chi connectivity index (χ3n) is 4.64. The molecule has 3 rings (SSSR count). The van der Waals surface area contributed by atoms with E-state index in [9.17, 15) is 13.2 Å². The van der Waals surface area contributed by atoms with E-state index in [1.807, 2.05) is 44.2 Å². The lowest BCUT2D eigenvalue weighted by atomic mass is 10.1. The van der Waals surface area contributed by atoms with Crippen LogP contribution in [-0.4, -0.2) is 27.1 Å². The summed E-state index contributed by atoms with van der Waals surface area (Å²) in [6.07, 6.45) is 1.39. The molecule has 3 aromatic rings. The number of hydrogen-bond acceptors (Lipinski definition) is 5. The van der Waals surface area contributed by atoms with Crippen molar-refractivity contribution in [1.29, 1.82) is 0 Å². The van der Waals surface area contributed by atoms with Gasteiger partial charge in [0.05, 0.1) is 17.2 Å². The Hall–Kier alpha value is -3.65. The summed E-state index contributed by atoms with van der Waals surface area (Å²) in [4.78, 5) is 14.4. The second-order valence-electron chi connectivity index (χ2n) is 7.22. The van der Waals surface area contributed by atoms with Crippen LogP contribution in [0.25, 0.3) is 0 Å². The number of sulfonamides is 1. The zero-order valence-electron chi connectivity index (χ0n) is 17.9. The molecule has 8 heteroatoms. The molecule has 0 aliphatic carbocycles. The van der Waals surface area contributed by atoms with Gasteiger partial charge in [-0.2, -0.15) is 13.5 Å². The summed E-state index contributed by atoms with van der Waals surface area (Å²) >= 11 is 0. The van der Waals surface area contributed by atoms with Gasteiger partial charge in [-0.05, 0) is 61.4 Å². The van der Waals surface area contributed by atoms with Gasteiger partial charge in [0, 0.05) is 0 Å². The van der Waals surface area contributed by atoms with Crippen molar-refractivity contribution >= 4 is 22.1 Å². The first-order chi connectivity index (χ1) is 15.3. The van der Waals surface area contributed by atoms with Gasteiger partial charge in [-0.3, -0.25) is 4.79 Å². The van der Waals surface area contributed by atoms with Crippen LogP contribution >= 0.6 is 0 Å². The first kappa shape index (κ1) is 23.0. The minimum Gasteiger partial charge on any atom is -0.484 e. The van der Waals surface area contributed by atoms with E-state index in [-0.39, 0.29) is 23.5 Å². The monoisotopic (exact) mass is 451 g/mol. The molecule has 0 unspecified atom stereocenters. The van der Waals surface area contributed by atoms with E-state index in [2.05, 4.69) is 15.2 Å². The number of benzene rings is 3. The van der Waals surface area contributed by atoms with Gasteiger partial charge in [0.15, 0.2) is 6.61 Å². The lowest BCUT2D eigenvalue weighted by Gasteiger charge is -2.14. The van der Waals surface area contributed by atoms with Crippen LogP contribution in [0.15, 0.2) is 88.9 Å². The van der Waals surface area contributed by atoms with Gasteiger partial charge < -0.3 is 10.1 Å². The number of ether oxygens (including phenoxy) is 1. The van der Waals surface area contributed by atoms with Gasteiger partial charge in [-0.15, -0.1) is 0 Å². The number of aryl methyl sites for hydroxylation is 1. The van der Waals surface area contributed by atoms with Gasteiger partial charge in [0.25, 0.3) is 15.9 Å². The summed E-state index contributed by atoms with van der Waals surface area (Å²) in [5, 5.41) is 6.70. The fourth-order valence-electron chi connectivity index (χ4n) is 2.85. The molecule has 1 amide bonds. The Morgan fingerprint density at radius 3 is 2.31 bits per heavy atom. The fraction of sp³-hybridized carbons (Fsp3) is 0.167. The zero-order valence-corrected chi connectivity index (χ0v) is 18.7. The molecule has 7 nitrogen and oxygen atoms in total. The molecular formula is C24H25N3O4S. The molecule has 0 fully saturated rings. The average molecular weight is 452 g/mol. The number of amides is 1. The highest BCUT2D eigenvalue weighted by atomic mass is 32.2. The summed E-state index contributed by atoms with van der Waals surface area (Å²) in [7, 11) is -3.72. The van der Waals surface area contributed by atoms with Gasteiger partial charge in [0.1, 0.15) is 5.75 Å². The molecule has 166 valence electrons. The minimum absolute atomic E-state index is 0.110. The number of rotatable bonds is 9. The van der Waals surface area contributed by atoms with Gasteiger partial charge in [0.2, 0.25) is 0 Å². The Kier molecular flexibility index (Phi) is 7.62. The van der Waals surface area contributed by atoms with E-state index in [0.29, 0.717) is 11.3 Å². The number of nitrogens with one attached hydrogen (secondary N) is 2. The largest absolute Gasteiger partial charge is 0.484 e. The molecule has 0 aliphatic rings. The second kappa shape index (κ2) is 10.6. The molecule has 0 spiro atoms. The Balaban J connectivity index is 1.48. The van der Waals surface area contributed by atoms with Gasteiger partial charge in [-0.1, -0.05) is 48.0 Å². The van der Waals surface area contributed by atoms with Crippen molar-refractivity contribution < 1.29 is 17.9 Å². The molecule has 2 N–H and O–H groups in total. The highest BCUT2D eigenvalue weighted by Crippen LogP contribution is 2.13. The summed E-state index contributed by atoms with van der Waals surface area (Å²) in [5.74, 6) is 0.294. The number of hydrogen-bond donors (Lipinski definition) is 2. The Bertz CT molecular complexity index is 1160. The van der Waals surface area contributed by atoms with Crippen molar-refractivity contribution in [3.8, 4) is 5.75 Å². The third kappa shape index (κ3) is 6.68. The molecule has 0 saturated carbocycles. The van der Waals surface area contributed by atoms with Crippen LogP contribution in [-0.2, 0) is 14.8 Å². The standard InChI is InChI=1S/C24H25N3O4S/c1-18-8-14-23(15-9-18)32(29,30)27-25-16-20-10-12-22(13-11-20)31-17-24(28)26-19(2)21-6-4-3-5-7-21/h3-16,19,27H,17H2,1-2H3,(H,26,28)/b25-16-/t19-/m0/s1. The van der Waals surface area contributed by atoms with Crippen LogP contribution in [0.2, 0.25) is 0 Å². The molecule has 32 heavy (non-hydrogen) atoms. The van der Waals surface area contributed by atoms with E-state index in [0.717, 1.165) is 11.1 Å². The van der Waals surface area contributed by atoms with E-state index in [4.69, 9.17) is 4.74 Å². The maximum Gasteiger partial charge on any atom is 0.276 e. The van der Waals surface area contributed by atoms with Gasteiger partial charge >= 0.3 is 0 Å². The summed E-state index contributed by atoms with van der Waals surface area (Å²) < 4.78 is 30.0. The SMILES string of the molecule is Cc1ccc(S(=O)(=O)N/N=C\c2ccc(OCC(=O)N[C@@H](C)c3ccccc3)cc2)cc1. The Morgan fingerprint density at radius 1 is 1.00 bits per heavy atom. The predicted octanol–water partition coefficient (Wildman–Crippen LogP) is 3.56. The van der Waals surface area contributed by atoms with Crippen molar-refractivity contribution in [3.63, 3.8) is 0 Å². The van der Waals surface area contributed by atoms with E-state index in [1.165, 1.54) is 18.3 Å². The number of carbonyl (C=O) groups excluding carboxylic acids is 1. The average Bonchev–Trinajstić information content (AvgIpc) is 2.79. The van der Waals surface area contributed by atoms with Crippen molar-refractivity contribution in [2.75, 3.05) is 6.61 Å². The van der Waals surface area contributed by atoms with Crippen molar-refractivity contribution in [2.24, 2.45) is 5.10 Å². The van der Waals surface area contributed by atoms with Crippen molar-refractivity contribution in [3.05, 3.63) is 95.6 Å². The Morgan fingerprint density at radius 2 is 1.66 bits per heavy atom. The molecule has 0 saturated heterocycles. The Labute approximate surface area is 188 Å². The normalized spacial score (nSPS) is 12.3. The fourth-order valence-corrected chi connectivity index (χ4v) is 3.64. The maximum atomic E-state index is 12.2. The molecule has 1 atom stereocenters. The van der Waals surface area contributed by atoms with Crippen molar-refractivity contribution in [2.45, 2.75) is 24.8 Å². The molecular weight excluding hydrogens is 426 g/mol. The van der Waals surface area contributed by atoms with Crippen molar-refractivity contribution in [1.82, 2.24) is 10.1 Å². The molecule has 0 aliphatic heterocycles. The van der Waals surface area contributed by atoms with E-state index < -0.39 is 10.0 Å². The van der Waals surface area contributed by atoms with Crippen LogP contribution in [0.4, 0.5) is 0 Å². The molecule has 0 heterocycles. The van der Waals surface area contributed by atoms with Crippen LogP contribution in [0.3, 0.4) is 0 Å². The van der Waals surface area contributed by atoms with Crippen LogP contribution < -0.4 is 14.9 Å². The summed E-state index contributed by atoms with van der Waals surface area (Å²) in [5.41, 5.74) is 2.66. The lowest BCUT2D eigenvalue weighted by molar-refractivity contribution is -0.123. The first-order valence-corrected chi connectivity index (χ1v) is 11.5. The predicted molar refractivity (Wildman–Crippen MR) is 124 cm³/mol. The smallest absolute Gasteiger partial charge is 0.276 e. The van der Waals surface area contributed by atoms with Crippen LogP contribution in [0.5, 0.6) is 5.75 Å². The maximum absolute atomic E-state index is 12.2. The molecule has 3 aromatic carbocycles. The zero-order chi connectivity index (χ0) is 23.0. The summed E-state index contributed by atoms with van der Waals surface area (Å²) in [6.45, 7) is 3.68. The number of carbonyl (C=O) groups is 1.